The Kier molecular flexibility index (Phi) is 36.6. The first-order valence-electron chi connectivity index (χ1n) is 24.0. The minimum absolute atomic E-state index is 0.142. The van der Waals surface area contributed by atoms with Crippen molar-refractivity contribution in [3.05, 3.63) is 24.3 Å². The van der Waals surface area contributed by atoms with Crippen LogP contribution in [-0.4, -0.2) is 87.5 Å². The highest BCUT2D eigenvalue weighted by molar-refractivity contribution is 5.76. The van der Waals surface area contributed by atoms with Gasteiger partial charge in [-0.3, -0.25) is 4.79 Å². The summed E-state index contributed by atoms with van der Waals surface area (Å²) in [6, 6.07) is -0.724. The van der Waals surface area contributed by atoms with Crippen LogP contribution in [0.3, 0.4) is 0 Å². The van der Waals surface area contributed by atoms with Crippen molar-refractivity contribution in [3.8, 4) is 0 Å². The summed E-state index contributed by atoms with van der Waals surface area (Å²) < 4.78 is 11.3. The lowest BCUT2D eigenvalue weighted by Crippen LogP contribution is -2.60. The van der Waals surface area contributed by atoms with E-state index >= 15 is 0 Å². The van der Waals surface area contributed by atoms with Gasteiger partial charge in [0.15, 0.2) is 6.29 Å². The molecule has 336 valence electrons. The molecule has 57 heavy (non-hydrogen) atoms. The number of unbranched alkanes of at least 4 members (excludes halogenated alkanes) is 26. The van der Waals surface area contributed by atoms with E-state index in [2.05, 4.69) is 43.5 Å². The molecule has 7 unspecified atom stereocenters. The summed E-state index contributed by atoms with van der Waals surface area (Å²) in [5.41, 5.74) is 0. The number of rotatable bonds is 40. The number of carbonyl (C=O) groups is 1. The van der Waals surface area contributed by atoms with Crippen molar-refractivity contribution >= 4 is 5.91 Å². The molecule has 0 aromatic rings. The van der Waals surface area contributed by atoms with E-state index < -0.39 is 49.5 Å². The smallest absolute Gasteiger partial charge is 0.220 e. The van der Waals surface area contributed by atoms with Crippen molar-refractivity contribution in [2.24, 2.45) is 0 Å². The van der Waals surface area contributed by atoms with Crippen LogP contribution in [0.25, 0.3) is 0 Å². The van der Waals surface area contributed by atoms with Gasteiger partial charge in [-0.2, -0.15) is 0 Å². The van der Waals surface area contributed by atoms with Gasteiger partial charge in [-0.15, -0.1) is 0 Å². The van der Waals surface area contributed by atoms with Gasteiger partial charge in [-0.25, -0.2) is 0 Å². The number of aliphatic hydroxyl groups is 5. The maximum atomic E-state index is 13.0. The summed E-state index contributed by atoms with van der Waals surface area (Å²) in [5.74, 6) is -0.157. The summed E-state index contributed by atoms with van der Waals surface area (Å²) >= 11 is 0. The Morgan fingerprint density at radius 3 is 1.53 bits per heavy atom. The van der Waals surface area contributed by atoms with Crippen LogP contribution in [0.5, 0.6) is 0 Å². The SMILES string of the molecule is CCCCCC/C=C\C/C=C\CCCCCCCC(=O)NC(COC1OC(CO)C(O)C(O)C1O)C(O)CCCCCCCCCCCCCCCCCCCC. The van der Waals surface area contributed by atoms with Gasteiger partial charge in [0.25, 0.3) is 0 Å². The lowest BCUT2D eigenvalue weighted by molar-refractivity contribution is -0.302. The van der Waals surface area contributed by atoms with E-state index in [1.807, 2.05) is 0 Å². The van der Waals surface area contributed by atoms with Crippen LogP contribution in [0.1, 0.15) is 219 Å². The average molecular weight is 810 g/mol. The minimum atomic E-state index is -1.55. The number of hydrogen-bond donors (Lipinski definition) is 6. The molecule has 1 heterocycles. The van der Waals surface area contributed by atoms with Crippen LogP contribution >= 0.6 is 0 Å². The molecule has 0 radical (unpaired) electrons. The summed E-state index contributed by atoms with van der Waals surface area (Å²) in [6.45, 7) is 3.82. The quantitative estimate of drug-likeness (QED) is 0.0265. The number of aliphatic hydroxyl groups excluding tert-OH is 5. The van der Waals surface area contributed by atoms with Gasteiger partial charge in [-0.05, 0) is 44.9 Å². The molecule has 0 bridgehead atoms. The highest BCUT2D eigenvalue weighted by atomic mass is 16.7. The molecule has 1 saturated heterocycles. The van der Waals surface area contributed by atoms with Crippen molar-refractivity contribution < 1.29 is 39.8 Å². The Morgan fingerprint density at radius 2 is 1.04 bits per heavy atom. The zero-order chi connectivity index (χ0) is 41.6. The van der Waals surface area contributed by atoms with E-state index in [4.69, 9.17) is 9.47 Å². The summed E-state index contributed by atoms with van der Waals surface area (Å²) in [5, 5.41) is 54.4. The van der Waals surface area contributed by atoms with E-state index in [0.717, 1.165) is 64.2 Å². The first-order valence-corrected chi connectivity index (χ1v) is 24.0. The fraction of sp³-hybridized carbons (Fsp3) is 0.896. The van der Waals surface area contributed by atoms with Gasteiger partial charge in [0.05, 0.1) is 25.4 Å². The van der Waals surface area contributed by atoms with Gasteiger partial charge >= 0.3 is 0 Å². The molecule has 7 atom stereocenters. The third-order valence-corrected chi connectivity index (χ3v) is 11.6. The molecule has 6 N–H and O–H groups in total. The standard InChI is InChI=1S/C48H91NO8/c1-3-5-7-9-11-13-15-17-19-21-22-23-25-27-29-31-33-35-37-42(51)41(40-56-48-47(55)46(54)45(53)43(39-50)57-48)49-44(52)38-36-34-32-30-28-26-24-20-18-16-14-12-10-8-6-4-2/h14,16,20,24,41-43,45-48,50-51,53-55H,3-13,15,17-19,21-23,25-40H2,1-2H3,(H,49,52)/b16-14-,24-20-. The van der Waals surface area contributed by atoms with Crippen molar-refractivity contribution in [1.82, 2.24) is 5.32 Å². The summed E-state index contributed by atoms with van der Waals surface area (Å²) in [6.07, 6.45) is 38.9. The van der Waals surface area contributed by atoms with Crippen LogP contribution in [0.15, 0.2) is 24.3 Å². The second-order valence-corrected chi connectivity index (χ2v) is 16.9. The number of amides is 1. The second kappa shape index (κ2) is 38.8. The van der Waals surface area contributed by atoms with E-state index in [-0.39, 0.29) is 12.5 Å². The molecule has 0 aromatic heterocycles. The predicted molar refractivity (Wildman–Crippen MR) is 235 cm³/mol. The molecule has 1 aliphatic rings. The van der Waals surface area contributed by atoms with Gasteiger partial charge in [-0.1, -0.05) is 192 Å². The van der Waals surface area contributed by atoms with E-state index in [0.29, 0.717) is 12.8 Å². The van der Waals surface area contributed by atoms with Gasteiger partial charge in [0.2, 0.25) is 5.91 Å². The molecule has 0 saturated carbocycles. The molecule has 1 aliphatic heterocycles. The molecule has 1 rings (SSSR count). The molecular formula is C48H91NO8. The predicted octanol–water partition coefficient (Wildman–Crippen LogP) is 10.3. The van der Waals surface area contributed by atoms with Gasteiger partial charge in [0, 0.05) is 6.42 Å². The second-order valence-electron chi connectivity index (χ2n) is 16.9. The first kappa shape index (κ1) is 53.7. The number of ether oxygens (including phenoxy) is 2. The molecule has 1 amide bonds. The molecule has 0 aromatic carbocycles. The Labute approximate surface area is 349 Å². The number of nitrogens with one attached hydrogen (secondary N) is 1. The third kappa shape index (κ3) is 29.5. The van der Waals surface area contributed by atoms with Crippen LogP contribution in [0.2, 0.25) is 0 Å². The molecule has 0 spiro atoms. The van der Waals surface area contributed by atoms with E-state index in [9.17, 15) is 30.3 Å². The Hall–Kier alpha value is -1.33. The van der Waals surface area contributed by atoms with Crippen molar-refractivity contribution in [3.63, 3.8) is 0 Å². The van der Waals surface area contributed by atoms with Crippen LogP contribution < -0.4 is 5.32 Å². The van der Waals surface area contributed by atoms with Crippen LogP contribution in [0, 0.1) is 0 Å². The van der Waals surface area contributed by atoms with Crippen molar-refractivity contribution in [1.29, 1.82) is 0 Å². The summed E-state index contributed by atoms with van der Waals surface area (Å²) in [7, 11) is 0. The first-order chi connectivity index (χ1) is 27.8. The minimum Gasteiger partial charge on any atom is -0.394 e. The van der Waals surface area contributed by atoms with Crippen LogP contribution in [-0.2, 0) is 14.3 Å². The van der Waals surface area contributed by atoms with Crippen molar-refractivity contribution in [2.75, 3.05) is 13.2 Å². The van der Waals surface area contributed by atoms with E-state index in [1.54, 1.807) is 0 Å². The largest absolute Gasteiger partial charge is 0.394 e. The van der Waals surface area contributed by atoms with Gasteiger partial charge < -0.3 is 40.3 Å². The summed E-state index contributed by atoms with van der Waals surface area (Å²) in [4.78, 5) is 13.0. The van der Waals surface area contributed by atoms with Crippen molar-refractivity contribution in [2.45, 2.75) is 262 Å². The Bertz CT molecular complexity index is 945. The number of hydrogen-bond acceptors (Lipinski definition) is 8. The molecule has 1 fully saturated rings. The number of allylic oxidation sites excluding steroid dienone is 4. The normalized spacial score (nSPS) is 21.1. The monoisotopic (exact) mass is 810 g/mol. The van der Waals surface area contributed by atoms with E-state index in [1.165, 1.54) is 128 Å². The number of carbonyl (C=O) groups excluding carboxylic acids is 1. The maximum absolute atomic E-state index is 13.0. The molecule has 0 aliphatic carbocycles. The average Bonchev–Trinajstić information content (AvgIpc) is 3.21. The Morgan fingerprint density at radius 1 is 0.596 bits per heavy atom. The molecule has 9 nitrogen and oxygen atoms in total. The Balaban J connectivity index is 2.32. The zero-order valence-corrected chi connectivity index (χ0v) is 36.9. The fourth-order valence-electron chi connectivity index (χ4n) is 7.66. The topological polar surface area (TPSA) is 149 Å². The molecule has 9 heteroatoms. The van der Waals surface area contributed by atoms with Gasteiger partial charge in [0.1, 0.15) is 24.4 Å². The highest BCUT2D eigenvalue weighted by Gasteiger charge is 2.44. The highest BCUT2D eigenvalue weighted by Crippen LogP contribution is 2.23. The zero-order valence-electron chi connectivity index (χ0n) is 36.9. The third-order valence-electron chi connectivity index (χ3n) is 11.6. The fourth-order valence-corrected chi connectivity index (χ4v) is 7.66. The van der Waals surface area contributed by atoms with Crippen LogP contribution in [0.4, 0.5) is 0 Å². The maximum Gasteiger partial charge on any atom is 0.220 e. The lowest BCUT2D eigenvalue weighted by atomic mass is 9.99. The lowest BCUT2D eigenvalue weighted by Gasteiger charge is -2.40. The molecular weight excluding hydrogens is 719 g/mol.